The fourth-order valence-corrected chi connectivity index (χ4v) is 2.51. The Kier molecular flexibility index (Phi) is 4.60. The Labute approximate surface area is 119 Å². The Hall–Kier alpha value is -1.62. The van der Waals surface area contributed by atoms with Gasteiger partial charge < -0.3 is 4.74 Å². The van der Waals surface area contributed by atoms with Crippen LogP contribution in [0.25, 0.3) is 0 Å². The standard InChI is InChI=1S/C15H13F3OS/c1-19-14-8-7-13(20-15(16,17)18)10-12(14)9-11-5-3-2-4-6-11/h2-8,10H,9H2,1H3. The average molecular weight is 298 g/mol. The number of benzene rings is 2. The van der Waals surface area contributed by atoms with Gasteiger partial charge in [0.1, 0.15) is 5.75 Å². The number of thioether (sulfide) groups is 1. The van der Waals surface area contributed by atoms with E-state index in [9.17, 15) is 13.2 Å². The molecule has 2 rings (SSSR count). The quantitative estimate of drug-likeness (QED) is 0.743. The predicted molar refractivity (Wildman–Crippen MR) is 74.2 cm³/mol. The van der Waals surface area contributed by atoms with Crippen molar-refractivity contribution in [1.82, 2.24) is 0 Å². The fraction of sp³-hybridized carbons (Fsp3) is 0.200. The third-order valence-corrected chi connectivity index (χ3v) is 3.44. The molecule has 0 aliphatic heterocycles. The van der Waals surface area contributed by atoms with Gasteiger partial charge in [-0.3, -0.25) is 0 Å². The molecule has 0 heterocycles. The molecule has 106 valence electrons. The Bertz CT molecular complexity index is 567. The summed E-state index contributed by atoms with van der Waals surface area (Å²) in [7, 11) is 1.51. The number of hydrogen-bond acceptors (Lipinski definition) is 2. The minimum absolute atomic E-state index is 0.111. The summed E-state index contributed by atoms with van der Waals surface area (Å²) in [5.41, 5.74) is -2.51. The summed E-state index contributed by atoms with van der Waals surface area (Å²) >= 11 is -0.111. The van der Waals surface area contributed by atoms with Crippen molar-refractivity contribution in [1.29, 1.82) is 0 Å². The first-order valence-electron chi connectivity index (χ1n) is 5.94. The molecule has 2 aromatic carbocycles. The maximum absolute atomic E-state index is 12.4. The molecule has 0 atom stereocenters. The lowest BCUT2D eigenvalue weighted by molar-refractivity contribution is -0.0328. The van der Waals surface area contributed by atoms with Crippen molar-refractivity contribution in [2.45, 2.75) is 16.8 Å². The number of hydrogen-bond donors (Lipinski definition) is 0. The summed E-state index contributed by atoms with van der Waals surface area (Å²) < 4.78 is 42.5. The molecular weight excluding hydrogens is 285 g/mol. The number of alkyl halides is 3. The van der Waals surface area contributed by atoms with Crippen molar-refractivity contribution in [3.8, 4) is 5.75 Å². The first-order chi connectivity index (χ1) is 9.48. The van der Waals surface area contributed by atoms with Crippen LogP contribution >= 0.6 is 11.8 Å². The summed E-state index contributed by atoms with van der Waals surface area (Å²) in [4.78, 5) is 0.171. The number of ether oxygens (including phenoxy) is 1. The van der Waals surface area contributed by atoms with Crippen LogP contribution in [-0.2, 0) is 6.42 Å². The minimum atomic E-state index is -4.28. The van der Waals surface area contributed by atoms with Crippen LogP contribution in [0.5, 0.6) is 5.75 Å². The fourth-order valence-electron chi connectivity index (χ4n) is 1.91. The van der Waals surface area contributed by atoms with Gasteiger partial charge >= 0.3 is 5.51 Å². The zero-order valence-corrected chi connectivity index (χ0v) is 11.6. The highest BCUT2D eigenvalue weighted by Crippen LogP contribution is 2.38. The van der Waals surface area contributed by atoms with Crippen LogP contribution in [0.4, 0.5) is 13.2 Å². The van der Waals surface area contributed by atoms with E-state index in [2.05, 4.69) is 0 Å². The minimum Gasteiger partial charge on any atom is -0.496 e. The van der Waals surface area contributed by atoms with E-state index in [1.54, 1.807) is 6.07 Å². The van der Waals surface area contributed by atoms with Crippen LogP contribution in [0.1, 0.15) is 11.1 Å². The van der Waals surface area contributed by atoms with Gasteiger partial charge in [-0.2, -0.15) is 13.2 Å². The predicted octanol–water partition coefficient (Wildman–Crippen LogP) is 4.90. The van der Waals surface area contributed by atoms with Gasteiger partial charge in [0.2, 0.25) is 0 Å². The van der Waals surface area contributed by atoms with Crippen LogP contribution in [0.2, 0.25) is 0 Å². The van der Waals surface area contributed by atoms with Gasteiger partial charge in [-0.15, -0.1) is 0 Å². The summed E-state index contributed by atoms with van der Waals surface area (Å²) in [6.07, 6.45) is 0.538. The molecule has 5 heteroatoms. The summed E-state index contributed by atoms with van der Waals surface area (Å²) in [6, 6.07) is 14.1. The first-order valence-corrected chi connectivity index (χ1v) is 6.76. The van der Waals surface area contributed by atoms with Gasteiger partial charge in [0, 0.05) is 11.3 Å². The van der Waals surface area contributed by atoms with E-state index in [-0.39, 0.29) is 16.7 Å². The lowest BCUT2D eigenvalue weighted by Gasteiger charge is -2.12. The van der Waals surface area contributed by atoms with Crippen molar-refractivity contribution in [3.63, 3.8) is 0 Å². The highest BCUT2D eigenvalue weighted by atomic mass is 32.2. The second-order valence-corrected chi connectivity index (χ2v) is 5.32. The van der Waals surface area contributed by atoms with Crippen molar-refractivity contribution >= 4 is 11.8 Å². The molecule has 0 bridgehead atoms. The number of halogens is 3. The molecule has 0 radical (unpaired) electrons. The molecule has 0 amide bonds. The van der Waals surface area contributed by atoms with Crippen LogP contribution in [0, 0.1) is 0 Å². The second kappa shape index (κ2) is 6.22. The smallest absolute Gasteiger partial charge is 0.446 e. The number of methoxy groups -OCH3 is 1. The van der Waals surface area contributed by atoms with Crippen LogP contribution in [-0.4, -0.2) is 12.6 Å². The van der Waals surface area contributed by atoms with Gasteiger partial charge in [-0.1, -0.05) is 30.3 Å². The molecule has 0 N–H and O–H groups in total. The molecule has 20 heavy (non-hydrogen) atoms. The normalized spacial score (nSPS) is 11.4. The highest BCUT2D eigenvalue weighted by molar-refractivity contribution is 8.00. The lowest BCUT2D eigenvalue weighted by Crippen LogP contribution is -2.00. The third-order valence-electron chi connectivity index (χ3n) is 2.72. The van der Waals surface area contributed by atoms with Crippen molar-refractivity contribution in [2.75, 3.05) is 7.11 Å². The molecule has 2 aromatic rings. The zero-order chi connectivity index (χ0) is 14.6. The summed E-state index contributed by atoms with van der Waals surface area (Å²) in [5, 5.41) is 0. The molecule has 0 spiro atoms. The van der Waals surface area contributed by atoms with Crippen LogP contribution in [0.3, 0.4) is 0 Å². The van der Waals surface area contributed by atoms with Gasteiger partial charge in [0.25, 0.3) is 0 Å². The van der Waals surface area contributed by atoms with Crippen molar-refractivity contribution < 1.29 is 17.9 Å². The van der Waals surface area contributed by atoms with Crippen LogP contribution < -0.4 is 4.74 Å². The molecule has 0 unspecified atom stereocenters. The Balaban J connectivity index is 2.27. The zero-order valence-electron chi connectivity index (χ0n) is 10.8. The van der Waals surface area contributed by atoms with E-state index in [1.807, 2.05) is 30.3 Å². The average Bonchev–Trinajstić information content (AvgIpc) is 2.38. The number of rotatable bonds is 4. The van der Waals surface area contributed by atoms with E-state index in [4.69, 9.17) is 4.74 Å². The topological polar surface area (TPSA) is 9.23 Å². The Morgan fingerprint density at radius 3 is 2.35 bits per heavy atom. The highest BCUT2D eigenvalue weighted by Gasteiger charge is 2.29. The van der Waals surface area contributed by atoms with Gasteiger partial charge in [-0.05, 0) is 41.1 Å². The summed E-state index contributed by atoms with van der Waals surface area (Å²) in [6.45, 7) is 0. The van der Waals surface area contributed by atoms with E-state index < -0.39 is 5.51 Å². The molecule has 0 fully saturated rings. The molecule has 0 aliphatic rings. The maximum atomic E-state index is 12.4. The third kappa shape index (κ3) is 4.20. The van der Waals surface area contributed by atoms with Gasteiger partial charge in [-0.25, -0.2) is 0 Å². The molecule has 0 aromatic heterocycles. The molecule has 0 saturated carbocycles. The summed E-state index contributed by atoms with van der Waals surface area (Å²) in [5.74, 6) is 0.598. The maximum Gasteiger partial charge on any atom is 0.446 e. The molecule has 1 nitrogen and oxygen atoms in total. The van der Waals surface area contributed by atoms with E-state index >= 15 is 0 Å². The van der Waals surface area contributed by atoms with E-state index in [0.717, 1.165) is 11.1 Å². The van der Waals surface area contributed by atoms with Crippen molar-refractivity contribution in [3.05, 3.63) is 59.7 Å². The largest absolute Gasteiger partial charge is 0.496 e. The van der Waals surface area contributed by atoms with Crippen molar-refractivity contribution in [2.24, 2.45) is 0 Å². The van der Waals surface area contributed by atoms with Gasteiger partial charge in [0.15, 0.2) is 0 Å². The Morgan fingerprint density at radius 1 is 1.05 bits per heavy atom. The van der Waals surface area contributed by atoms with Crippen LogP contribution in [0.15, 0.2) is 53.4 Å². The first kappa shape index (κ1) is 14.8. The van der Waals surface area contributed by atoms with E-state index in [0.29, 0.717) is 12.2 Å². The van der Waals surface area contributed by atoms with E-state index in [1.165, 1.54) is 19.2 Å². The molecular formula is C15H13F3OS. The molecule has 0 aliphatic carbocycles. The Morgan fingerprint density at radius 2 is 1.75 bits per heavy atom. The van der Waals surface area contributed by atoms with Gasteiger partial charge in [0.05, 0.1) is 7.11 Å². The monoisotopic (exact) mass is 298 g/mol. The second-order valence-electron chi connectivity index (χ2n) is 4.18. The molecule has 0 saturated heterocycles. The lowest BCUT2D eigenvalue weighted by atomic mass is 10.0. The SMILES string of the molecule is COc1ccc(SC(F)(F)F)cc1Cc1ccccc1.